The lowest BCUT2D eigenvalue weighted by Gasteiger charge is -2.39. The Balaban J connectivity index is 1.45. The Kier molecular flexibility index (Phi) is 4.52. The first-order valence-electron chi connectivity index (χ1n) is 7.22. The molecule has 1 fully saturated rings. The topological polar surface area (TPSA) is 41.4 Å². The second-order valence-electron chi connectivity index (χ2n) is 5.80. The normalized spacial score (nSPS) is 15.8. The maximum atomic E-state index is 12.2. The van der Waals surface area contributed by atoms with Crippen LogP contribution in [0.2, 0.25) is 4.34 Å². The van der Waals surface area contributed by atoms with Crippen LogP contribution in [0.1, 0.15) is 16.5 Å². The Morgan fingerprint density at radius 3 is 2.86 bits per heavy atom. The second kappa shape index (κ2) is 6.40. The number of amides is 1. The smallest absolute Gasteiger partial charge is 0.236 e. The van der Waals surface area contributed by atoms with Gasteiger partial charge in [-0.3, -0.25) is 14.4 Å². The van der Waals surface area contributed by atoms with Crippen molar-refractivity contribution < 1.29 is 4.79 Å². The number of rotatable bonds is 5. The van der Waals surface area contributed by atoms with Gasteiger partial charge in [0.1, 0.15) is 0 Å². The highest BCUT2D eigenvalue weighted by molar-refractivity contribution is 7.16. The minimum atomic E-state index is 0.139. The molecule has 1 aliphatic rings. The predicted molar refractivity (Wildman–Crippen MR) is 88.2 cm³/mol. The van der Waals surface area contributed by atoms with Gasteiger partial charge in [-0.25, -0.2) is 0 Å². The Bertz CT molecular complexity index is 662. The van der Waals surface area contributed by atoms with Crippen molar-refractivity contribution in [2.45, 2.75) is 19.5 Å². The molecular weight excluding hydrogens is 320 g/mol. The number of nitrogens with zero attached hydrogens (tertiary/aromatic N) is 4. The highest BCUT2D eigenvalue weighted by Crippen LogP contribution is 2.23. The summed E-state index contributed by atoms with van der Waals surface area (Å²) >= 11 is 7.43. The fourth-order valence-corrected chi connectivity index (χ4v) is 3.68. The molecule has 2 aromatic heterocycles. The number of hydrogen-bond acceptors (Lipinski definition) is 4. The molecule has 0 saturated carbocycles. The molecule has 0 aromatic carbocycles. The Morgan fingerprint density at radius 2 is 2.27 bits per heavy atom. The van der Waals surface area contributed by atoms with Gasteiger partial charge in [-0.05, 0) is 24.6 Å². The average molecular weight is 339 g/mol. The van der Waals surface area contributed by atoms with Crippen molar-refractivity contribution in [3.05, 3.63) is 39.3 Å². The van der Waals surface area contributed by atoms with Gasteiger partial charge >= 0.3 is 0 Å². The van der Waals surface area contributed by atoms with E-state index in [2.05, 4.69) is 16.2 Å². The van der Waals surface area contributed by atoms with Crippen LogP contribution < -0.4 is 0 Å². The van der Waals surface area contributed by atoms with Crippen molar-refractivity contribution in [2.24, 2.45) is 0 Å². The summed E-state index contributed by atoms with van der Waals surface area (Å²) in [4.78, 5) is 17.3. The number of halogens is 1. The van der Waals surface area contributed by atoms with E-state index in [0.29, 0.717) is 19.1 Å². The molecule has 0 bridgehead atoms. The molecule has 22 heavy (non-hydrogen) atoms. The highest BCUT2D eigenvalue weighted by atomic mass is 35.5. The van der Waals surface area contributed by atoms with Crippen LogP contribution in [0.15, 0.2) is 24.5 Å². The summed E-state index contributed by atoms with van der Waals surface area (Å²) in [5.74, 6) is 0.139. The molecular formula is C15H19ClN4OS. The predicted octanol–water partition coefficient (Wildman–Crippen LogP) is 2.42. The van der Waals surface area contributed by atoms with Crippen molar-refractivity contribution in [2.75, 3.05) is 26.7 Å². The fourth-order valence-electron chi connectivity index (χ4n) is 2.54. The molecule has 1 saturated heterocycles. The van der Waals surface area contributed by atoms with Gasteiger partial charge in [0.15, 0.2) is 0 Å². The van der Waals surface area contributed by atoms with Crippen molar-refractivity contribution in [1.29, 1.82) is 0 Å². The molecule has 3 rings (SSSR count). The maximum Gasteiger partial charge on any atom is 0.236 e. The van der Waals surface area contributed by atoms with E-state index in [1.807, 2.05) is 37.0 Å². The molecule has 0 radical (unpaired) electrons. The number of aromatic nitrogens is 2. The molecule has 2 aromatic rings. The SMILES string of the molecule is Cc1cnn(C2CN(CC(=O)N(C)Cc3ccc(Cl)s3)C2)c1. The lowest BCUT2D eigenvalue weighted by Crippen LogP contribution is -2.51. The molecule has 1 amide bonds. The van der Waals surface area contributed by atoms with E-state index in [0.717, 1.165) is 22.3 Å². The molecule has 0 aliphatic carbocycles. The van der Waals surface area contributed by atoms with Crippen LogP contribution in [0.3, 0.4) is 0 Å². The summed E-state index contributed by atoms with van der Waals surface area (Å²) in [6.07, 6.45) is 3.92. The minimum absolute atomic E-state index is 0.139. The van der Waals surface area contributed by atoms with Crippen LogP contribution in [-0.4, -0.2) is 52.2 Å². The van der Waals surface area contributed by atoms with E-state index in [-0.39, 0.29) is 5.91 Å². The number of carbonyl (C=O) groups is 1. The highest BCUT2D eigenvalue weighted by Gasteiger charge is 2.30. The third kappa shape index (κ3) is 3.51. The van der Waals surface area contributed by atoms with E-state index < -0.39 is 0 Å². The maximum absolute atomic E-state index is 12.2. The molecule has 0 unspecified atom stereocenters. The Morgan fingerprint density at radius 1 is 1.50 bits per heavy atom. The Labute approximate surface area is 139 Å². The molecule has 118 valence electrons. The van der Waals surface area contributed by atoms with Crippen LogP contribution >= 0.6 is 22.9 Å². The van der Waals surface area contributed by atoms with Gasteiger partial charge in [0.25, 0.3) is 0 Å². The number of likely N-dealkylation sites (N-methyl/N-ethyl adjacent to an activating group) is 1. The van der Waals surface area contributed by atoms with Crippen molar-refractivity contribution in [1.82, 2.24) is 19.6 Å². The van der Waals surface area contributed by atoms with Crippen LogP contribution in [0.25, 0.3) is 0 Å². The van der Waals surface area contributed by atoms with Crippen LogP contribution in [-0.2, 0) is 11.3 Å². The number of carbonyl (C=O) groups excluding carboxylic acids is 1. The number of likely N-dealkylation sites (tertiary alicyclic amines) is 1. The van der Waals surface area contributed by atoms with Gasteiger partial charge in [0, 0.05) is 31.2 Å². The number of thiophene rings is 1. The summed E-state index contributed by atoms with van der Waals surface area (Å²) in [5.41, 5.74) is 1.17. The van der Waals surface area contributed by atoms with E-state index in [4.69, 9.17) is 11.6 Å². The average Bonchev–Trinajstić information content (AvgIpc) is 3.02. The third-order valence-corrected chi connectivity index (χ3v) is 5.07. The van der Waals surface area contributed by atoms with E-state index in [1.165, 1.54) is 16.9 Å². The molecule has 3 heterocycles. The van der Waals surface area contributed by atoms with Gasteiger partial charge in [-0.15, -0.1) is 11.3 Å². The zero-order valence-electron chi connectivity index (χ0n) is 12.7. The van der Waals surface area contributed by atoms with Gasteiger partial charge in [-0.1, -0.05) is 11.6 Å². The summed E-state index contributed by atoms with van der Waals surface area (Å²) in [6.45, 7) is 4.88. The van der Waals surface area contributed by atoms with Crippen molar-refractivity contribution >= 4 is 28.8 Å². The standard InChI is InChI=1S/C15H19ClN4OS/c1-11-5-17-20(6-11)12-7-19(8-12)10-15(21)18(2)9-13-3-4-14(16)22-13/h3-6,12H,7-10H2,1-2H3. The lowest BCUT2D eigenvalue weighted by molar-refractivity contribution is -0.133. The van der Waals surface area contributed by atoms with Gasteiger partial charge in [-0.2, -0.15) is 5.10 Å². The largest absolute Gasteiger partial charge is 0.340 e. The number of aryl methyl sites for hydroxylation is 1. The molecule has 7 heteroatoms. The molecule has 1 aliphatic heterocycles. The lowest BCUT2D eigenvalue weighted by atomic mass is 10.1. The molecule has 0 atom stereocenters. The van der Waals surface area contributed by atoms with Crippen molar-refractivity contribution in [3.8, 4) is 0 Å². The molecule has 5 nitrogen and oxygen atoms in total. The van der Waals surface area contributed by atoms with Gasteiger partial charge < -0.3 is 4.90 Å². The van der Waals surface area contributed by atoms with Crippen molar-refractivity contribution in [3.63, 3.8) is 0 Å². The van der Waals surface area contributed by atoms with Crippen LogP contribution in [0.4, 0.5) is 0 Å². The quantitative estimate of drug-likeness (QED) is 0.840. The van der Waals surface area contributed by atoms with E-state index in [9.17, 15) is 4.79 Å². The van der Waals surface area contributed by atoms with Crippen LogP contribution in [0, 0.1) is 6.92 Å². The Hall–Kier alpha value is -1.37. The zero-order chi connectivity index (χ0) is 15.7. The minimum Gasteiger partial charge on any atom is -0.340 e. The summed E-state index contributed by atoms with van der Waals surface area (Å²) < 4.78 is 2.75. The molecule has 0 N–H and O–H groups in total. The molecule has 0 spiro atoms. The second-order valence-corrected chi connectivity index (χ2v) is 7.60. The number of hydrogen-bond donors (Lipinski definition) is 0. The first-order chi connectivity index (χ1) is 10.5. The fraction of sp³-hybridized carbons (Fsp3) is 0.467. The van der Waals surface area contributed by atoms with E-state index >= 15 is 0 Å². The van der Waals surface area contributed by atoms with Gasteiger partial charge in [0.2, 0.25) is 5.91 Å². The monoisotopic (exact) mass is 338 g/mol. The summed E-state index contributed by atoms with van der Waals surface area (Å²) in [7, 11) is 1.84. The first-order valence-corrected chi connectivity index (χ1v) is 8.42. The first kappa shape index (κ1) is 15.5. The zero-order valence-corrected chi connectivity index (χ0v) is 14.3. The summed E-state index contributed by atoms with van der Waals surface area (Å²) in [5, 5.41) is 4.33. The van der Waals surface area contributed by atoms with E-state index in [1.54, 1.807) is 4.90 Å². The van der Waals surface area contributed by atoms with Crippen LogP contribution in [0.5, 0.6) is 0 Å². The third-order valence-electron chi connectivity index (χ3n) is 3.85. The van der Waals surface area contributed by atoms with Gasteiger partial charge in [0.05, 0.1) is 29.7 Å². The summed E-state index contributed by atoms with van der Waals surface area (Å²) in [6, 6.07) is 4.23.